The van der Waals surface area contributed by atoms with Crippen LogP contribution >= 0.6 is 12.4 Å². The Kier molecular flexibility index (Phi) is 3.67. The molecule has 4 rings (SSSR count). The average Bonchev–Trinajstić information content (AvgIpc) is 3.16. The van der Waals surface area contributed by atoms with Gasteiger partial charge in [0.2, 0.25) is 0 Å². The fourth-order valence-corrected chi connectivity index (χ4v) is 2.42. The third-order valence-corrected chi connectivity index (χ3v) is 3.91. The molecular formula is C14H15ClN6O. The topological polar surface area (TPSA) is 95.7 Å². The van der Waals surface area contributed by atoms with Gasteiger partial charge in [-0.05, 0) is 43.5 Å². The first-order valence-electron chi connectivity index (χ1n) is 6.83. The van der Waals surface area contributed by atoms with Crippen molar-refractivity contribution >= 4 is 12.4 Å². The molecule has 0 aliphatic heterocycles. The molecule has 1 aliphatic rings. The summed E-state index contributed by atoms with van der Waals surface area (Å²) in [6.07, 6.45) is 6.09. The van der Waals surface area contributed by atoms with Gasteiger partial charge < -0.3 is 10.3 Å². The fraction of sp³-hybridized carbons (Fsp3) is 0.286. The van der Waals surface area contributed by atoms with Crippen LogP contribution in [-0.2, 0) is 5.54 Å². The lowest BCUT2D eigenvalue weighted by Crippen LogP contribution is -2.44. The van der Waals surface area contributed by atoms with Gasteiger partial charge in [-0.25, -0.2) is 9.67 Å². The van der Waals surface area contributed by atoms with Crippen LogP contribution in [0.25, 0.3) is 17.1 Å². The number of benzene rings is 1. The summed E-state index contributed by atoms with van der Waals surface area (Å²) in [5.74, 6) is 1.09. The summed E-state index contributed by atoms with van der Waals surface area (Å²) < 4.78 is 7.01. The van der Waals surface area contributed by atoms with Crippen molar-refractivity contribution in [2.75, 3.05) is 0 Å². The molecule has 2 N–H and O–H groups in total. The van der Waals surface area contributed by atoms with Gasteiger partial charge in [-0.3, -0.25) is 0 Å². The van der Waals surface area contributed by atoms with Crippen LogP contribution in [0.1, 0.15) is 25.1 Å². The minimum absolute atomic E-state index is 0. The number of halogens is 1. The smallest absolute Gasteiger partial charge is 0.257 e. The van der Waals surface area contributed by atoms with Crippen LogP contribution in [-0.4, -0.2) is 24.9 Å². The van der Waals surface area contributed by atoms with E-state index in [1.807, 2.05) is 24.3 Å². The normalized spacial score (nSPS) is 15.9. The standard InChI is InChI=1S/C14H14N6O.ClH/c15-14(6-1-7-14)13-18-12(21-19-13)10-2-4-11(5-3-10)20-9-16-8-17-20;/h2-5,8-9H,1,6-7,15H2;1H. The summed E-state index contributed by atoms with van der Waals surface area (Å²) >= 11 is 0. The Hall–Kier alpha value is -2.25. The van der Waals surface area contributed by atoms with Crippen molar-refractivity contribution in [1.82, 2.24) is 24.9 Å². The molecule has 0 spiro atoms. The zero-order valence-corrected chi connectivity index (χ0v) is 12.5. The highest BCUT2D eigenvalue weighted by molar-refractivity contribution is 5.85. The summed E-state index contributed by atoms with van der Waals surface area (Å²) in [5, 5.41) is 8.10. The molecule has 3 aromatic rings. The van der Waals surface area contributed by atoms with E-state index in [-0.39, 0.29) is 12.4 Å². The van der Waals surface area contributed by atoms with Crippen molar-refractivity contribution in [2.45, 2.75) is 24.8 Å². The SMILES string of the molecule is Cl.NC1(c2noc(-c3ccc(-n4cncn4)cc3)n2)CCC1. The molecule has 2 aromatic heterocycles. The van der Waals surface area contributed by atoms with Gasteiger partial charge >= 0.3 is 0 Å². The zero-order chi connectivity index (χ0) is 14.3. The highest BCUT2D eigenvalue weighted by Crippen LogP contribution is 2.37. The molecule has 0 unspecified atom stereocenters. The molecule has 22 heavy (non-hydrogen) atoms. The third kappa shape index (κ3) is 2.38. The van der Waals surface area contributed by atoms with E-state index in [4.69, 9.17) is 10.3 Å². The number of hydrogen-bond donors (Lipinski definition) is 1. The van der Waals surface area contributed by atoms with Gasteiger partial charge in [-0.2, -0.15) is 10.1 Å². The van der Waals surface area contributed by atoms with Gasteiger partial charge in [0.25, 0.3) is 5.89 Å². The first-order chi connectivity index (χ1) is 10.2. The Morgan fingerprint density at radius 2 is 1.95 bits per heavy atom. The molecule has 0 atom stereocenters. The lowest BCUT2D eigenvalue weighted by molar-refractivity contribution is 0.229. The first-order valence-corrected chi connectivity index (χ1v) is 6.83. The minimum atomic E-state index is -0.400. The second-order valence-electron chi connectivity index (χ2n) is 5.32. The molecule has 8 heteroatoms. The van der Waals surface area contributed by atoms with E-state index in [0.717, 1.165) is 30.5 Å². The molecule has 7 nitrogen and oxygen atoms in total. The molecule has 114 valence electrons. The highest BCUT2D eigenvalue weighted by Gasteiger charge is 2.39. The van der Waals surface area contributed by atoms with E-state index < -0.39 is 5.54 Å². The summed E-state index contributed by atoms with van der Waals surface area (Å²) in [4.78, 5) is 8.35. The monoisotopic (exact) mass is 318 g/mol. The average molecular weight is 319 g/mol. The van der Waals surface area contributed by atoms with Crippen LogP contribution in [0, 0.1) is 0 Å². The van der Waals surface area contributed by atoms with Gasteiger partial charge in [-0.1, -0.05) is 5.16 Å². The van der Waals surface area contributed by atoms with Gasteiger partial charge in [0.1, 0.15) is 12.7 Å². The van der Waals surface area contributed by atoms with Crippen LogP contribution in [0.5, 0.6) is 0 Å². The lowest BCUT2D eigenvalue weighted by atomic mass is 9.77. The number of aromatic nitrogens is 5. The maximum Gasteiger partial charge on any atom is 0.257 e. The summed E-state index contributed by atoms with van der Waals surface area (Å²) in [6, 6.07) is 7.68. The maximum atomic E-state index is 6.20. The van der Waals surface area contributed by atoms with E-state index in [2.05, 4.69) is 20.2 Å². The summed E-state index contributed by atoms with van der Waals surface area (Å²) in [7, 11) is 0. The maximum absolute atomic E-state index is 6.20. The van der Waals surface area contributed by atoms with Crippen LogP contribution in [0.3, 0.4) is 0 Å². The second kappa shape index (κ2) is 5.51. The van der Waals surface area contributed by atoms with Crippen LogP contribution in [0.15, 0.2) is 41.4 Å². The highest BCUT2D eigenvalue weighted by atomic mass is 35.5. The number of nitrogens with zero attached hydrogens (tertiary/aromatic N) is 5. The van der Waals surface area contributed by atoms with E-state index in [9.17, 15) is 0 Å². The van der Waals surface area contributed by atoms with E-state index >= 15 is 0 Å². The number of rotatable bonds is 3. The van der Waals surface area contributed by atoms with Gasteiger partial charge in [0, 0.05) is 5.56 Å². The molecule has 0 bridgehead atoms. The summed E-state index contributed by atoms with van der Waals surface area (Å²) in [5.41, 5.74) is 7.58. The molecule has 1 aliphatic carbocycles. The Morgan fingerprint density at radius 1 is 1.18 bits per heavy atom. The quantitative estimate of drug-likeness (QED) is 0.794. The Morgan fingerprint density at radius 3 is 2.55 bits per heavy atom. The first kappa shape index (κ1) is 14.7. The molecule has 0 amide bonds. The molecule has 0 radical (unpaired) electrons. The van der Waals surface area contributed by atoms with E-state index in [1.54, 1.807) is 11.0 Å². The van der Waals surface area contributed by atoms with Crippen molar-refractivity contribution in [1.29, 1.82) is 0 Å². The molecule has 2 heterocycles. The molecule has 0 saturated heterocycles. The third-order valence-electron chi connectivity index (χ3n) is 3.91. The van der Waals surface area contributed by atoms with E-state index in [0.29, 0.717) is 11.7 Å². The van der Waals surface area contributed by atoms with Crippen molar-refractivity contribution < 1.29 is 4.52 Å². The number of nitrogens with two attached hydrogens (primary N) is 1. The van der Waals surface area contributed by atoms with Crippen molar-refractivity contribution in [2.24, 2.45) is 5.73 Å². The lowest BCUT2D eigenvalue weighted by Gasteiger charge is -2.34. The van der Waals surface area contributed by atoms with Crippen LogP contribution < -0.4 is 5.73 Å². The fourth-order valence-electron chi connectivity index (χ4n) is 2.42. The predicted molar refractivity (Wildman–Crippen MR) is 81.6 cm³/mol. The zero-order valence-electron chi connectivity index (χ0n) is 11.7. The number of hydrogen-bond acceptors (Lipinski definition) is 6. The Balaban J connectivity index is 0.00000144. The van der Waals surface area contributed by atoms with Gasteiger partial charge in [0.05, 0.1) is 11.2 Å². The molecular weight excluding hydrogens is 304 g/mol. The second-order valence-corrected chi connectivity index (χ2v) is 5.32. The predicted octanol–water partition coefficient (Wildman–Crippen LogP) is 2.08. The molecule has 1 saturated carbocycles. The van der Waals surface area contributed by atoms with Crippen LogP contribution in [0.4, 0.5) is 0 Å². The Bertz CT molecular complexity index is 748. The van der Waals surface area contributed by atoms with Crippen LogP contribution in [0.2, 0.25) is 0 Å². The molecule has 1 aromatic carbocycles. The van der Waals surface area contributed by atoms with Gasteiger partial charge in [-0.15, -0.1) is 12.4 Å². The Labute approximate surface area is 133 Å². The van der Waals surface area contributed by atoms with Crippen molar-refractivity contribution in [3.8, 4) is 17.1 Å². The van der Waals surface area contributed by atoms with Gasteiger partial charge in [0.15, 0.2) is 5.82 Å². The van der Waals surface area contributed by atoms with Crippen molar-refractivity contribution in [3.05, 3.63) is 42.7 Å². The summed E-state index contributed by atoms with van der Waals surface area (Å²) in [6.45, 7) is 0. The van der Waals surface area contributed by atoms with E-state index in [1.165, 1.54) is 6.33 Å². The van der Waals surface area contributed by atoms with Crippen molar-refractivity contribution in [3.63, 3.8) is 0 Å². The molecule has 1 fully saturated rings. The largest absolute Gasteiger partial charge is 0.334 e. The minimum Gasteiger partial charge on any atom is -0.334 e.